The SMILES string of the molecule is Cc1c(NC(=O)CC2(C(=O)O)CCCCC2)c(=O)n(-c2ccccc2)n1C. The molecule has 144 valence electrons. The summed E-state index contributed by atoms with van der Waals surface area (Å²) in [4.78, 5) is 37.3. The number of benzene rings is 1. The van der Waals surface area contributed by atoms with Gasteiger partial charge in [-0.25, -0.2) is 4.68 Å². The number of carboxylic acid groups (broad SMARTS) is 1. The molecule has 1 aliphatic rings. The number of carbonyl (C=O) groups excluding carboxylic acids is 1. The summed E-state index contributed by atoms with van der Waals surface area (Å²) in [6.45, 7) is 1.75. The zero-order valence-corrected chi connectivity index (χ0v) is 15.7. The average Bonchev–Trinajstić information content (AvgIpc) is 2.86. The van der Waals surface area contributed by atoms with Gasteiger partial charge >= 0.3 is 5.97 Å². The van der Waals surface area contributed by atoms with Crippen molar-refractivity contribution in [1.82, 2.24) is 9.36 Å². The molecule has 0 saturated heterocycles. The quantitative estimate of drug-likeness (QED) is 0.845. The number of nitrogens with zero attached hydrogens (tertiary/aromatic N) is 2. The first-order chi connectivity index (χ1) is 12.9. The molecule has 0 bridgehead atoms. The van der Waals surface area contributed by atoms with Crippen LogP contribution in [0.15, 0.2) is 35.1 Å². The number of aromatic nitrogens is 2. The van der Waals surface area contributed by atoms with E-state index in [4.69, 9.17) is 0 Å². The molecule has 0 spiro atoms. The molecule has 7 nitrogen and oxygen atoms in total. The third-order valence-electron chi connectivity index (χ3n) is 5.58. The Bertz CT molecular complexity index is 905. The molecule has 1 amide bonds. The lowest BCUT2D eigenvalue weighted by molar-refractivity contribution is -0.153. The van der Waals surface area contributed by atoms with E-state index >= 15 is 0 Å². The van der Waals surface area contributed by atoms with E-state index < -0.39 is 17.3 Å². The van der Waals surface area contributed by atoms with Crippen molar-refractivity contribution in [2.75, 3.05) is 5.32 Å². The number of aliphatic carboxylic acids is 1. The van der Waals surface area contributed by atoms with E-state index in [1.54, 1.807) is 18.7 Å². The lowest BCUT2D eigenvalue weighted by atomic mass is 9.71. The molecule has 0 atom stereocenters. The molecule has 2 aromatic rings. The van der Waals surface area contributed by atoms with Crippen LogP contribution in [0.3, 0.4) is 0 Å². The summed E-state index contributed by atoms with van der Waals surface area (Å²) in [6.07, 6.45) is 3.50. The lowest BCUT2D eigenvalue weighted by Crippen LogP contribution is -2.37. The van der Waals surface area contributed by atoms with E-state index in [0.717, 1.165) is 19.3 Å². The Balaban J connectivity index is 1.87. The molecule has 1 aromatic carbocycles. The van der Waals surface area contributed by atoms with E-state index in [-0.39, 0.29) is 17.7 Å². The molecule has 0 radical (unpaired) electrons. The fourth-order valence-electron chi connectivity index (χ4n) is 3.90. The van der Waals surface area contributed by atoms with Crippen molar-refractivity contribution in [2.45, 2.75) is 45.4 Å². The number of anilines is 1. The molecule has 1 fully saturated rings. The topological polar surface area (TPSA) is 93.3 Å². The maximum absolute atomic E-state index is 12.9. The Hall–Kier alpha value is -2.83. The molecule has 1 aliphatic carbocycles. The first-order valence-electron chi connectivity index (χ1n) is 9.23. The molecule has 3 rings (SSSR count). The monoisotopic (exact) mass is 371 g/mol. The summed E-state index contributed by atoms with van der Waals surface area (Å²) >= 11 is 0. The number of rotatable bonds is 5. The van der Waals surface area contributed by atoms with Crippen LogP contribution in [0.4, 0.5) is 5.69 Å². The van der Waals surface area contributed by atoms with Crippen LogP contribution >= 0.6 is 0 Å². The molecular weight excluding hydrogens is 346 g/mol. The summed E-state index contributed by atoms with van der Waals surface area (Å²) in [6, 6.07) is 9.16. The largest absolute Gasteiger partial charge is 0.481 e. The summed E-state index contributed by atoms with van der Waals surface area (Å²) in [5.74, 6) is -1.35. The van der Waals surface area contributed by atoms with Crippen LogP contribution in [0.5, 0.6) is 0 Å². The van der Waals surface area contributed by atoms with Gasteiger partial charge in [0.2, 0.25) is 5.91 Å². The normalized spacial score (nSPS) is 16.1. The number of hydrogen-bond donors (Lipinski definition) is 2. The highest BCUT2D eigenvalue weighted by Gasteiger charge is 2.41. The average molecular weight is 371 g/mol. The minimum atomic E-state index is -1.02. The summed E-state index contributed by atoms with van der Waals surface area (Å²) < 4.78 is 3.17. The molecule has 1 heterocycles. The highest BCUT2D eigenvalue weighted by Crippen LogP contribution is 2.39. The first kappa shape index (κ1) is 18.9. The van der Waals surface area contributed by atoms with Gasteiger partial charge in [0, 0.05) is 13.5 Å². The maximum Gasteiger partial charge on any atom is 0.310 e. The first-order valence-corrected chi connectivity index (χ1v) is 9.23. The number of carboxylic acids is 1. The Morgan fingerprint density at radius 1 is 1.15 bits per heavy atom. The van der Waals surface area contributed by atoms with Gasteiger partial charge in [0.05, 0.1) is 16.8 Å². The Labute approximate surface area is 157 Å². The molecule has 27 heavy (non-hydrogen) atoms. The summed E-state index contributed by atoms with van der Waals surface area (Å²) in [7, 11) is 1.75. The predicted molar refractivity (Wildman–Crippen MR) is 102 cm³/mol. The van der Waals surface area contributed by atoms with Crippen molar-refractivity contribution in [3.8, 4) is 5.69 Å². The minimum Gasteiger partial charge on any atom is -0.481 e. The second kappa shape index (κ2) is 7.42. The van der Waals surface area contributed by atoms with E-state index in [2.05, 4.69) is 5.32 Å². The van der Waals surface area contributed by atoms with Crippen molar-refractivity contribution in [3.05, 3.63) is 46.4 Å². The van der Waals surface area contributed by atoms with Crippen LogP contribution < -0.4 is 10.9 Å². The van der Waals surface area contributed by atoms with Crippen molar-refractivity contribution in [1.29, 1.82) is 0 Å². The van der Waals surface area contributed by atoms with Crippen molar-refractivity contribution >= 4 is 17.6 Å². The molecule has 0 aliphatic heterocycles. The van der Waals surface area contributed by atoms with Crippen LogP contribution in [0, 0.1) is 12.3 Å². The highest BCUT2D eigenvalue weighted by atomic mass is 16.4. The number of para-hydroxylation sites is 1. The highest BCUT2D eigenvalue weighted by molar-refractivity contribution is 5.94. The number of amides is 1. The lowest BCUT2D eigenvalue weighted by Gasteiger charge is -2.32. The summed E-state index contributed by atoms with van der Waals surface area (Å²) in [5.41, 5.74) is 0.155. The van der Waals surface area contributed by atoms with Crippen LogP contribution in [-0.4, -0.2) is 26.3 Å². The van der Waals surface area contributed by atoms with Gasteiger partial charge in [-0.1, -0.05) is 37.5 Å². The molecule has 0 unspecified atom stereocenters. The maximum atomic E-state index is 12.9. The number of nitrogens with one attached hydrogen (secondary N) is 1. The second-order valence-corrected chi connectivity index (χ2v) is 7.31. The van der Waals surface area contributed by atoms with Gasteiger partial charge in [0.25, 0.3) is 5.56 Å². The fourth-order valence-corrected chi connectivity index (χ4v) is 3.90. The third kappa shape index (κ3) is 3.54. The van der Waals surface area contributed by atoms with E-state index in [1.165, 1.54) is 4.68 Å². The molecule has 7 heteroatoms. The molecule has 1 aromatic heterocycles. The van der Waals surface area contributed by atoms with Crippen LogP contribution in [-0.2, 0) is 16.6 Å². The van der Waals surface area contributed by atoms with Gasteiger partial charge in [0.1, 0.15) is 5.69 Å². The number of carbonyl (C=O) groups is 2. The van der Waals surface area contributed by atoms with Crippen molar-refractivity contribution in [2.24, 2.45) is 12.5 Å². The Morgan fingerprint density at radius 3 is 2.37 bits per heavy atom. The standard InChI is InChI=1S/C20H25N3O4/c1-14-17(18(25)23(22(14)2)15-9-5-3-6-10-15)21-16(24)13-20(19(26)27)11-7-4-8-12-20/h3,5-6,9-10H,4,7-8,11-13H2,1-2H3,(H,21,24)(H,26,27). The zero-order valence-electron chi connectivity index (χ0n) is 15.7. The second-order valence-electron chi connectivity index (χ2n) is 7.31. The minimum absolute atomic E-state index is 0.110. The molecule has 1 saturated carbocycles. The predicted octanol–water partition coefficient (Wildman–Crippen LogP) is 2.85. The van der Waals surface area contributed by atoms with E-state index in [9.17, 15) is 19.5 Å². The van der Waals surface area contributed by atoms with Gasteiger partial charge in [-0.15, -0.1) is 0 Å². The van der Waals surface area contributed by atoms with E-state index in [0.29, 0.717) is 24.2 Å². The summed E-state index contributed by atoms with van der Waals surface area (Å²) in [5, 5.41) is 12.3. The Morgan fingerprint density at radius 2 is 1.78 bits per heavy atom. The van der Waals surface area contributed by atoms with Gasteiger partial charge in [-0.2, -0.15) is 0 Å². The number of hydrogen-bond acceptors (Lipinski definition) is 3. The van der Waals surface area contributed by atoms with Crippen LogP contribution in [0.1, 0.15) is 44.2 Å². The van der Waals surface area contributed by atoms with Crippen LogP contribution in [0.25, 0.3) is 5.69 Å². The van der Waals surface area contributed by atoms with E-state index in [1.807, 2.05) is 30.3 Å². The van der Waals surface area contributed by atoms with Gasteiger partial charge in [-0.05, 0) is 31.9 Å². The Kier molecular flexibility index (Phi) is 5.21. The van der Waals surface area contributed by atoms with Gasteiger partial charge in [0.15, 0.2) is 0 Å². The third-order valence-corrected chi connectivity index (χ3v) is 5.58. The molecule has 2 N–H and O–H groups in total. The van der Waals surface area contributed by atoms with Crippen molar-refractivity contribution in [3.63, 3.8) is 0 Å². The van der Waals surface area contributed by atoms with Gasteiger partial charge < -0.3 is 10.4 Å². The zero-order chi connectivity index (χ0) is 19.6. The van der Waals surface area contributed by atoms with Gasteiger partial charge in [-0.3, -0.25) is 19.1 Å². The molecular formula is C20H25N3O4. The van der Waals surface area contributed by atoms with Crippen LogP contribution in [0.2, 0.25) is 0 Å². The fraction of sp³-hybridized carbons (Fsp3) is 0.450. The smallest absolute Gasteiger partial charge is 0.310 e. The van der Waals surface area contributed by atoms with Crippen molar-refractivity contribution < 1.29 is 14.7 Å².